The molecule has 15 heteroatoms. The van der Waals surface area contributed by atoms with Gasteiger partial charge in [-0.15, -0.1) is 0 Å². The molecule has 238 valence electrons. The first-order valence-corrected chi connectivity index (χ1v) is 14.1. The number of carboxylic acids is 2. The minimum absolute atomic E-state index is 0.118. The molecular weight excluding hydrogens is 592 g/mol. The van der Waals surface area contributed by atoms with E-state index in [0.717, 1.165) is 6.07 Å². The average Bonchev–Trinajstić information content (AvgIpc) is 2.99. The number of nitro groups is 1. The highest BCUT2D eigenvalue weighted by molar-refractivity contribution is 5.97. The molecule has 1 fully saturated rings. The van der Waals surface area contributed by atoms with Crippen LogP contribution in [0.1, 0.15) is 65.0 Å². The van der Waals surface area contributed by atoms with Gasteiger partial charge in [0.15, 0.2) is 0 Å². The molecule has 1 heterocycles. The number of amides is 2. The second kappa shape index (κ2) is 14.0. The van der Waals surface area contributed by atoms with Crippen molar-refractivity contribution in [1.82, 2.24) is 15.5 Å². The Labute approximate surface area is 255 Å². The van der Waals surface area contributed by atoms with E-state index < -0.39 is 53.5 Å². The zero-order valence-electron chi connectivity index (χ0n) is 24.4. The van der Waals surface area contributed by atoms with Gasteiger partial charge in [-0.25, -0.2) is 4.79 Å². The second-order valence-electron chi connectivity index (χ2n) is 10.6. The number of aliphatic carboxylic acids is 2. The molecule has 1 saturated carbocycles. The summed E-state index contributed by atoms with van der Waals surface area (Å²) >= 11 is 0. The lowest BCUT2D eigenvalue weighted by atomic mass is 9.90. The molecule has 0 radical (unpaired) electrons. The van der Waals surface area contributed by atoms with E-state index in [0.29, 0.717) is 31.1 Å². The van der Waals surface area contributed by atoms with Crippen molar-refractivity contribution < 1.29 is 43.5 Å². The number of nitrogens with one attached hydrogen (secondary N) is 2. The third kappa shape index (κ3) is 8.00. The normalized spacial score (nSPS) is 17.0. The number of fused-ring (bicyclic) bond motifs is 1. The first-order chi connectivity index (χ1) is 21.4. The summed E-state index contributed by atoms with van der Waals surface area (Å²) in [7, 11) is 1.41. The number of nitro benzene ring substituents is 1. The van der Waals surface area contributed by atoms with Crippen LogP contribution < -0.4 is 31.2 Å². The van der Waals surface area contributed by atoms with Crippen molar-refractivity contribution in [2.45, 2.75) is 50.8 Å². The van der Waals surface area contributed by atoms with Gasteiger partial charge in [0, 0.05) is 55.3 Å². The van der Waals surface area contributed by atoms with Crippen LogP contribution >= 0.6 is 0 Å². The minimum atomic E-state index is -1.40. The van der Waals surface area contributed by atoms with Crippen molar-refractivity contribution in [3.8, 4) is 5.75 Å². The van der Waals surface area contributed by atoms with E-state index in [1.54, 1.807) is 19.1 Å². The predicted molar refractivity (Wildman–Crippen MR) is 153 cm³/mol. The largest absolute Gasteiger partial charge is 0.549 e. The van der Waals surface area contributed by atoms with E-state index in [4.69, 9.17) is 9.15 Å². The highest BCUT2D eigenvalue weighted by Crippen LogP contribution is 2.31. The minimum Gasteiger partial charge on any atom is -0.549 e. The van der Waals surface area contributed by atoms with Gasteiger partial charge < -0.3 is 39.6 Å². The standard InChI is InChI=1S/C30H32N4O11/c1-16(22-10-4-18(28(39)31-2)12-24(22)34(42)43)44-21-9-3-17-11-23(30(41)45-25(17)13-21)29(40)32-19-5-7-20(8-6-19)33(14-26(35)36)15-27(37)38/h3-4,9-13,16,19-20H,5-8,14-15H2,1-2H3,(H,31,39)(H,32,40)(H,35,36)(H,37,38)/p-2. The number of benzene rings is 2. The number of rotatable bonds is 12. The van der Waals surface area contributed by atoms with Gasteiger partial charge in [-0.3, -0.25) is 24.6 Å². The lowest BCUT2D eigenvalue weighted by Crippen LogP contribution is -2.51. The van der Waals surface area contributed by atoms with Gasteiger partial charge in [-0.05, 0) is 62.9 Å². The quantitative estimate of drug-likeness (QED) is 0.155. The highest BCUT2D eigenvalue weighted by atomic mass is 16.6. The SMILES string of the molecule is CNC(=O)c1ccc(C(C)Oc2ccc3cc(C(=O)NC4CCC(N(CC(=O)[O-])CC(=O)[O-])CC4)c(=O)oc3c2)c([N+](=O)[O-])c1. The molecule has 1 aliphatic rings. The van der Waals surface area contributed by atoms with E-state index in [1.165, 1.54) is 36.2 Å². The molecule has 3 aromatic rings. The first kappa shape index (κ1) is 32.6. The number of carboxylic acid groups (broad SMARTS) is 2. The van der Waals surface area contributed by atoms with Crippen LogP contribution in [0, 0.1) is 10.1 Å². The second-order valence-corrected chi connectivity index (χ2v) is 10.6. The Balaban J connectivity index is 1.43. The van der Waals surface area contributed by atoms with Gasteiger partial charge in [-0.1, -0.05) is 0 Å². The summed E-state index contributed by atoms with van der Waals surface area (Å²) in [5, 5.41) is 39.3. The summed E-state index contributed by atoms with van der Waals surface area (Å²) in [5.41, 5.74) is -0.961. The van der Waals surface area contributed by atoms with E-state index in [2.05, 4.69) is 10.6 Å². The number of carbonyl (C=O) groups is 4. The summed E-state index contributed by atoms with van der Waals surface area (Å²) in [4.78, 5) is 72.0. The molecule has 15 nitrogen and oxygen atoms in total. The first-order valence-electron chi connectivity index (χ1n) is 14.1. The number of carbonyl (C=O) groups excluding carboxylic acids is 4. The Hall–Kier alpha value is -5.31. The maximum Gasteiger partial charge on any atom is 0.349 e. The molecule has 0 bridgehead atoms. The van der Waals surface area contributed by atoms with Crippen molar-refractivity contribution >= 4 is 40.4 Å². The van der Waals surface area contributed by atoms with E-state index in [1.807, 2.05) is 0 Å². The number of nitrogens with zero attached hydrogens (tertiary/aromatic N) is 2. The van der Waals surface area contributed by atoms with Crippen molar-refractivity contribution in [2.75, 3.05) is 20.1 Å². The fourth-order valence-corrected chi connectivity index (χ4v) is 5.42. The maximum atomic E-state index is 13.0. The van der Waals surface area contributed by atoms with Crippen molar-refractivity contribution in [1.29, 1.82) is 0 Å². The van der Waals surface area contributed by atoms with Gasteiger partial charge >= 0.3 is 5.63 Å². The molecule has 1 aliphatic carbocycles. The Morgan fingerprint density at radius 1 is 1.00 bits per heavy atom. The van der Waals surface area contributed by atoms with Gasteiger partial charge in [0.1, 0.15) is 23.0 Å². The van der Waals surface area contributed by atoms with Crippen LogP contribution in [0.15, 0.2) is 51.7 Å². The lowest BCUT2D eigenvalue weighted by molar-refractivity contribution is -0.386. The maximum absolute atomic E-state index is 13.0. The molecule has 1 unspecified atom stereocenters. The molecule has 45 heavy (non-hydrogen) atoms. The molecule has 2 amide bonds. The highest BCUT2D eigenvalue weighted by Gasteiger charge is 2.28. The molecule has 0 saturated heterocycles. The number of ether oxygens (including phenoxy) is 1. The monoisotopic (exact) mass is 622 g/mol. The Morgan fingerprint density at radius 3 is 2.27 bits per heavy atom. The van der Waals surface area contributed by atoms with Crippen LogP contribution in [-0.4, -0.2) is 65.8 Å². The molecule has 1 atom stereocenters. The van der Waals surface area contributed by atoms with Crippen LogP contribution in [0.25, 0.3) is 11.0 Å². The number of hydrogen-bond donors (Lipinski definition) is 2. The summed E-state index contributed by atoms with van der Waals surface area (Å²) in [6.07, 6.45) is 0.873. The summed E-state index contributed by atoms with van der Waals surface area (Å²) in [5.74, 6) is -3.70. The Morgan fingerprint density at radius 2 is 1.67 bits per heavy atom. The van der Waals surface area contributed by atoms with Crippen LogP contribution in [-0.2, 0) is 9.59 Å². The van der Waals surface area contributed by atoms with Gasteiger partial charge in [0.05, 0.1) is 22.4 Å². The van der Waals surface area contributed by atoms with Crippen LogP contribution in [0.4, 0.5) is 5.69 Å². The third-order valence-corrected chi connectivity index (χ3v) is 7.63. The van der Waals surface area contributed by atoms with Gasteiger partial charge in [-0.2, -0.15) is 0 Å². The zero-order valence-corrected chi connectivity index (χ0v) is 24.4. The van der Waals surface area contributed by atoms with Gasteiger partial charge in [0.25, 0.3) is 17.5 Å². The van der Waals surface area contributed by atoms with Crippen molar-refractivity contribution in [3.05, 3.63) is 79.7 Å². The van der Waals surface area contributed by atoms with Crippen LogP contribution in [0.5, 0.6) is 5.75 Å². The Kier molecular flexibility index (Phi) is 10.1. The molecule has 2 aromatic carbocycles. The summed E-state index contributed by atoms with van der Waals surface area (Å²) < 4.78 is 11.3. The smallest absolute Gasteiger partial charge is 0.349 e. The van der Waals surface area contributed by atoms with E-state index in [9.17, 15) is 44.3 Å². The molecular formula is C30H30N4O11-2. The average molecular weight is 623 g/mol. The molecule has 0 spiro atoms. The molecule has 4 rings (SSSR count). The molecule has 1 aromatic heterocycles. The summed E-state index contributed by atoms with van der Waals surface area (Å²) in [6.45, 7) is 0.491. The topological polar surface area (TPSA) is 224 Å². The number of hydrogen-bond acceptors (Lipinski definition) is 12. The lowest BCUT2D eigenvalue weighted by Gasteiger charge is -2.37. The van der Waals surface area contributed by atoms with Crippen molar-refractivity contribution in [2.24, 2.45) is 0 Å². The zero-order chi connectivity index (χ0) is 32.8. The van der Waals surface area contributed by atoms with Crippen molar-refractivity contribution in [3.63, 3.8) is 0 Å². The van der Waals surface area contributed by atoms with Crippen LogP contribution in [0.2, 0.25) is 0 Å². The van der Waals surface area contributed by atoms with E-state index in [-0.39, 0.29) is 45.8 Å². The fraction of sp³-hybridized carbons (Fsp3) is 0.367. The molecule has 2 N–H and O–H groups in total. The summed E-state index contributed by atoms with van der Waals surface area (Å²) in [6, 6.07) is 9.28. The fourth-order valence-electron chi connectivity index (χ4n) is 5.42. The van der Waals surface area contributed by atoms with E-state index >= 15 is 0 Å². The van der Waals surface area contributed by atoms with Crippen LogP contribution in [0.3, 0.4) is 0 Å². The molecule has 0 aliphatic heterocycles. The predicted octanol–water partition coefficient (Wildman–Crippen LogP) is 0.0436. The Bertz CT molecular complexity index is 1680. The third-order valence-electron chi connectivity index (χ3n) is 7.63. The van der Waals surface area contributed by atoms with Gasteiger partial charge in [0.2, 0.25) is 0 Å².